The predicted molar refractivity (Wildman–Crippen MR) is 71.4 cm³/mol. The molecule has 1 aromatic heterocycles. The Labute approximate surface area is 119 Å². The average Bonchev–Trinajstić information content (AvgIpc) is 2.99. The van der Waals surface area contributed by atoms with Crippen LogP contribution in [0.5, 0.6) is 0 Å². The normalized spacial score (nSPS) is 17.6. The molecule has 0 saturated carbocycles. The summed E-state index contributed by atoms with van der Waals surface area (Å²) in [5.41, 5.74) is 2.14. The topological polar surface area (TPSA) is 83.4 Å². The first kappa shape index (κ1) is 12.7. The first-order valence-electron chi connectivity index (χ1n) is 6.05. The van der Waals surface area contributed by atoms with E-state index in [2.05, 4.69) is 8.75 Å². The monoisotopic (exact) mass is 289 g/mol. The molecule has 1 aliphatic heterocycles. The quantitative estimate of drug-likeness (QED) is 0.898. The van der Waals surface area contributed by atoms with E-state index >= 15 is 0 Å². The van der Waals surface area contributed by atoms with Gasteiger partial charge in [-0.25, -0.2) is 4.79 Å². The van der Waals surface area contributed by atoms with E-state index in [9.17, 15) is 14.7 Å². The van der Waals surface area contributed by atoms with Gasteiger partial charge in [0.1, 0.15) is 6.04 Å². The van der Waals surface area contributed by atoms with Gasteiger partial charge in [-0.15, -0.1) is 0 Å². The van der Waals surface area contributed by atoms with Gasteiger partial charge in [0.2, 0.25) is 0 Å². The van der Waals surface area contributed by atoms with Gasteiger partial charge < -0.3 is 10.0 Å². The number of carboxylic acids is 1. The van der Waals surface area contributed by atoms with Crippen molar-refractivity contribution in [3.05, 3.63) is 47.3 Å². The van der Waals surface area contributed by atoms with Crippen LogP contribution in [-0.4, -0.2) is 36.7 Å². The van der Waals surface area contributed by atoms with Crippen molar-refractivity contribution >= 4 is 23.6 Å². The van der Waals surface area contributed by atoms with Crippen LogP contribution in [-0.2, 0) is 17.8 Å². The highest BCUT2D eigenvalue weighted by atomic mass is 32.1. The number of carbonyl (C=O) groups excluding carboxylic acids is 1. The number of hydrogen-bond acceptors (Lipinski definition) is 5. The number of aliphatic carboxylic acids is 1. The molecule has 2 aromatic rings. The fourth-order valence-electron chi connectivity index (χ4n) is 2.36. The van der Waals surface area contributed by atoms with E-state index in [0.29, 0.717) is 6.42 Å². The first-order valence-corrected chi connectivity index (χ1v) is 6.78. The zero-order valence-electron chi connectivity index (χ0n) is 10.4. The molecule has 1 amide bonds. The highest BCUT2D eigenvalue weighted by molar-refractivity contribution is 6.99. The summed E-state index contributed by atoms with van der Waals surface area (Å²) in [6.07, 6.45) is 1.68. The maximum absolute atomic E-state index is 12.4. The van der Waals surface area contributed by atoms with Crippen LogP contribution in [0.4, 0.5) is 0 Å². The summed E-state index contributed by atoms with van der Waals surface area (Å²) in [5.74, 6) is -1.39. The lowest BCUT2D eigenvalue weighted by Gasteiger charge is -2.33. The number of hydrogen-bond donors (Lipinski definition) is 1. The van der Waals surface area contributed by atoms with Gasteiger partial charge in [-0.05, 0) is 11.1 Å². The molecule has 0 bridgehead atoms. The average molecular weight is 289 g/mol. The second-order valence-electron chi connectivity index (χ2n) is 4.55. The van der Waals surface area contributed by atoms with Crippen LogP contribution >= 0.6 is 11.7 Å². The van der Waals surface area contributed by atoms with E-state index in [1.807, 2.05) is 24.3 Å². The third-order valence-corrected chi connectivity index (χ3v) is 3.85. The minimum atomic E-state index is -1.00. The molecular weight excluding hydrogens is 278 g/mol. The molecule has 1 N–H and O–H groups in total. The zero-order chi connectivity index (χ0) is 14.1. The Morgan fingerprint density at radius 2 is 2.05 bits per heavy atom. The highest BCUT2D eigenvalue weighted by Crippen LogP contribution is 2.24. The molecule has 102 valence electrons. The van der Waals surface area contributed by atoms with Crippen LogP contribution in [0, 0.1) is 0 Å². The molecular formula is C13H11N3O3S. The molecule has 0 spiro atoms. The molecule has 6 nitrogen and oxygen atoms in total. The van der Waals surface area contributed by atoms with Gasteiger partial charge in [-0.1, -0.05) is 24.3 Å². The molecule has 0 radical (unpaired) electrons. The fourth-order valence-corrected chi connectivity index (χ4v) is 2.77. The smallest absolute Gasteiger partial charge is 0.326 e. The molecule has 20 heavy (non-hydrogen) atoms. The molecule has 1 aromatic carbocycles. The van der Waals surface area contributed by atoms with Crippen molar-refractivity contribution in [2.24, 2.45) is 0 Å². The van der Waals surface area contributed by atoms with E-state index in [4.69, 9.17) is 0 Å². The van der Waals surface area contributed by atoms with Gasteiger partial charge in [0, 0.05) is 13.0 Å². The van der Waals surface area contributed by atoms with Crippen molar-refractivity contribution in [1.29, 1.82) is 0 Å². The van der Waals surface area contributed by atoms with E-state index in [1.165, 1.54) is 11.1 Å². The largest absolute Gasteiger partial charge is 0.480 e. The minimum absolute atomic E-state index is 0.195. The zero-order valence-corrected chi connectivity index (χ0v) is 11.2. The van der Waals surface area contributed by atoms with Crippen LogP contribution in [0.2, 0.25) is 0 Å². The van der Waals surface area contributed by atoms with E-state index in [-0.39, 0.29) is 18.1 Å². The van der Waals surface area contributed by atoms with E-state index < -0.39 is 12.0 Å². The number of amides is 1. The van der Waals surface area contributed by atoms with Crippen molar-refractivity contribution < 1.29 is 14.7 Å². The Balaban J connectivity index is 1.96. The van der Waals surface area contributed by atoms with Crippen molar-refractivity contribution in [2.75, 3.05) is 0 Å². The lowest BCUT2D eigenvalue weighted by Crippen LogP contribution is -2.48. The number of nitrogens with zero attached hydrogens (tertiary/aromatic N) is 3. The van der Waals surface area contributed by atoms with Crippen LogP contribution in [0.15, 0.2) is 30.5 Å². The third-order valence-electron chi connectivity index (χ3n) is 3.37. The lowest BCUT2D eigenvalue weighted by molar-refractivity contribution is -0.142. The molecule has 3 rings (SSSR count). The SMILES string of the molecule is O=C(O)C1Cc2ccccc2CN1C(=O)c1cnsn1. The van der Waals surface area contributed by atoms with Crippen molar-refractivity contribution in [2.45, 2.75) is 19.0 Å². The van der Waals surface area contributed by atoms with Crippen LogP contribution in [0.25, 0.3) is 0 Å². The lowest BCUT2D eigenvalue weighted by atomic mass is 9.94. The van der Waals surface area contributed by atoms with Gasteiger partial charge in [-0.3, -0.25) is 4.79 Å². The van der Waals surface area contributed by atoms with E-state index in [0.717, 1.165) is 22.9 Å². The van der Waals surface area contributed by atoms with Crippen molar-refractivity contribution in [3.63, 3.8) is 0 Å². The number of aromatic nitrogens is 2. The predicted octanol–water partition coefficient (Wildman–Crippen LogP) is 1.19. The molecule has 0 saturated heterocycles. The molecule has 1 atom stereocenters. The highest BCUT2D eigenvalue weighted by Gasteiger charge is 2.35. The summed E-state index contributed by atoms with van der Waals surface area (Å²) in [4.78, 5) is 25.1. The number of benzene rings is 1. The van der Waals surface area contributed by atoms with Gasteiger partial charge >= 0.3 is 5.97 Å². The van der Waals surface area contributed by atoms with Crippen molar-refractivity contribution in [1.82, 2.24) is 13.6 Å². The fraction of sp³-hybridized carbons (Fsp3) is 0.231. The van der Waals surface area contributed by atoms with Crippen molar-refractivity contribution in [3.8, 4) is 0 Å². The maximum atomic E-state index is 12.4. The summed E-state index contributed by atoms with van der Waals surface area (Å²) < 4.78 is 7.68. The van der Waals surface area contributed by atoms with Gasteiger partial charge in [-0.2, -0.15) is 8.75 Å². The second-order valence-corrected chi connectivity index (χ2v) is 5.11. The van der Waals surface area contributed by atoms with Gasteiger partial charge in [0.15, 0.2) is 5.69 Å². The summed E-state index contributed by atoms with van der Waals surface area (Å²) in [6, 6.07) is 6.70. The minimum Gasteiger partial charge on any atom is -0.480 e. The number of rotatable bonds is 2. The molecule has 0 aliphatic carbocycles. The maximum Gasteiger partial charge on any atom is 0.326 e. The molecule has 1 aliphatic rings. The van der Waals surface area contributed by atoms with Gasteiger partial charge in [0.25, 0.3) is 5.91 Å². The van der Waals surface area contributed by atoms with E-state index in [1.54, 1.807) is 0 Å². The molecule has 2 heterocycles. The Morgan fingerprint density at radius 1 is 1.30 bits per heavy atom. The molecule has 1 unspecified atom stereocenters. The number of carboxylic acid groups (broad SMARTS) is 1. The number of fused-ring (bicyclic) bond motifs is 1. The Morgan fingerprint density at radius 3 is 2.70 bits per heavy atom. The van der Waals surface area contributed by atoms with Crippen LogP contribution in [0.1, 0.15) is 21.6 Å². The number of carbonyl (C=O) groups is 2. The second kappa shape index (κ2) is 5.01. The standard InChI is InChI=1S/C13H11N3O3S/c17-12(10-6-14-20-15-10)16-7-9-4-2-1-3-8(9)5-11(16)13(18)19/h1-4,6,11H,5,7H2,(H,18,19). The first-order chi connectivity index (χ1) is 9.66. The van der Waals surface area contributed by atoms with Gasteiger partial charge in [0.05, 0.1) is 17.9 Å². The van der Waals surface area contributed by atoms with Crippen LogP contribution < -0.4 is 0 Å². The summed E-state index contributed by atoms with van der Waals surface area (Å²) >= 11 is 0.932. The molecule has 7 heteroatoms. The van der Waals surface area contributed by atoms with Crippen LogP contribution in [0.3, 0.4) is 0 Å². The Kier molecular flexibility index (Phi) is 3.19. The summed E-state index contributed by atoms with van der Waals surface area (Å²) in [6.45, 7) is 0.281. The molecule has 0 fully saturated rings. The third kappa shape index (κ3) is 2.16. The summed E-state index contributed by atoms with van der Waals surface area (Å²) in [5, 5.41) is 9.35. The Bertz CT molecular complexity index is 657. The summed E-state index contributed by atoms with van der Waals surface area (Å²) in [7, 11) is 0. The Hall–Kier alpha value is -2.28.